The molecule has 1 heterocycles. The van der Waals surface area contributed by atoms with Crippen LogP contribution >= 0.6 is 0 Å². The van der Waals surface area contributed by atoms with Gasteiger partial charge in [-0.15, -0.1) is 0 Å². The second-order valence-corrected chi connectivity index (χ2v) is 8.71. The normalized spacial score (nSPS) is 11.4. The van der Waals surface area contributed by atoms with Crippen LogP contribution in [0.4, 0.5) is 5.69 Å². The third-order valence-electron chi connectivity index (χ3n) is 4.56. The molecule has 0 radical (unpaired) electrons. The number of carbonyl (C=O) groups is 1. The lowest BCUT2D eigenvalue weighted by atomic mass is 10.1. The molecule has 0 aliphatic carbocycles. The Labute approximate surface area is 172 Å². The molecule has 0 fully saturated rings. The average molecular weight is 419 g/mol. The van der Waals surface area contributed by atoms with Gasteiger partial charge in [0.2, 0.25) is 0 Å². The van der Waals surface area contributed by atoms with Crippen LogP contribution in [0.5, 0.6) is 0 Å². The lowest BCUT2D eigenvalue weighted by Crippen LogP contribution is -2.26. The second kappa shape index (κ2) is 7.57. The van der Waals surface area contributed by atoms with Gasteiger partial charge in [0.15, 0.2) is 15.5 Å². The minimum atomic E-state index is -3.33. The van der Waals surface area contributed by atoms with Gasteiger partial charge in [-0.25, -0.2) is 8.42 Å². The molecule has 8 heteroatoms. The molecule has 0 atom stereocenters. The van der Waals surface area contributed by atoms with Crippen LogP contribution in [-0.2, 0) is 9.84 Å². The molecular formula is C22H17N3O4S. The van der Waals surface area contributed by atoms with Gasteiger partial charge >= 0.3 is 0 Å². The highest BCUT2D eigenvalue weighted by Gasteiger charge is 2.18. The van der Waals surface area contributed by atoms with Crippen LogP contribution in [-0.4, -0.2) is 30.4 Å². The van der Waals surface area contributed by atoms with Gasteiger partial charge in [-0.2, -0.15) is 9.78 Å². The standard InChI is InChI=1S/C22H17N3O4S/c1-30(28,29)17-13-11-15(12-14-17)23-21(26)20-18-9-5-6-10-19(18)22(27)25(24-20)16-7-3-2-4-8-16/h2-14H,1H3,(H,23,26). The van der Waals surface area contributed by atoms with Crippen molar-refractivity contribution in [1.82, 2.24) is 9.78 Å². The van der Waals surface area contributed by atoms with E-state index in [0.29, 0.717) is 22.1 Å². The Morgan fingerprint density at radius 3 is 2.10 bits per heavy atom. The molecule has 0 saturated heterocycles. The van der Waals surface area contributed by atoms with Gasteiger partial charge in [0.1, 0.15) is 0 Å². The molecule has 0 aliphatic heterocycles. The molecule has 1 amide bonds. The maximum absolute atomic E-state index is 13.0. The Morgan fingerprint density at radius 1 is 0.867 bits per heavy atom. The zero-order chi connectivity index (χ0) is 21.3. The molecule has 0 spiro atoms. The van der Waals surface area contributed by atoms with Crippen LogP contribution in [0, 0.1) is 0 Å². The Bertz CT molecular complexity index is 1410. The van der Waals surface area contributed by atoms with Gasteiger partial charge in [0.05, 0.1) is 16.0 Å². The number of hydrogen-bond acceptors (Lipinski definition) is 5. The van der Waals surface area contributed by atoms with Crippen molar-refractivity contribution in [2.45, 2.75) is 4.90 Å². The van der Waals surface area contributed by atoms with Gasteiger partial charge in [-0.3, -0.25) is 9.59 Å². The van der Waals surface area contributed by atoms with Crippen LogP contribution in [0.1, 0.15) is 10.5 Å². The fourth-order valence-corrected chi connectivity index (χ4v) is 3.71. The lowest BCUT2D eigenvalue weighted by molar-refractivity contribution is 0.102. The first-order chi connectivity index (χ1) is 14.3. The molecule has 1 aromatic heterocycles. The molecule has 7 nitrogen and oxygen atoms in total. The van der Waals surface area contributed by atoms with Crippen molar-refractivity contribution in [3.8, 4) is 5.69 Å². The maximum Gasteiger partial charge on any atom is 0.279 e. The fraction of sp³-hybridized carbons (Fsp3) is 0.0455. The van der Waals surface area contributed by atoms with E-state index in [4.69, 9.17) is 0 Å². The van der Waals surface area contributed by atoms with Gasteiger partial charge in [-0.05, 0) is 42.5 Å². The summed E-state index contributed by atoms with van der Waals surface area (Å²) in [5.74, 6) is -0.511. The molecule has 0 aliphatic rings. The van der Waals surface area contributed by atoms with Crippen LogP contribution in [0.15, 0.2) is 88.6 Å². The molecule has 150 valence electrons. The third kappa shape index (κ3) is 3.72. The van der Waals surface area contributed by atoms with Crippen molar-refractivity contribution < 1.29 is 13.2 Å². The largest absolute Gasteiger partial charge is 0.321 e. The Balaban J connectivity index is 1.79. The minimum Gasteiger partial charge on any atom is -0.321 e. The summed E-state index contributed by atoms with van der Waals surface area (Å²) in [6, 6.07) is 21.5. The van der Waals surface area contributed by atoms with Crippen molar-refractivity contribution in [2.24, 2.45) is 0 Å². The summed E-state index contributed by atoms with van der Waals surface area (Å²) in [5.41, 5.74) is 0.711. The highest BCUT2D eigenvalue weighted by Crippen LogP contribution is 2.18. The first-order valence-electron chi connectivity index (χ1n) is 9.03. The van der Waals surface area contributed by atoms with Crippen LogP contribution in [0.3, 0.4) is 0 Å². The number of para-hydroxylation sites is 1. The van der Waals surface area contributed by atoms with E-state index >= 15 is 0 Å². The number of fused-ring (bicyclic) bond motifs is 1. The average Bonchev–Trinajstić information content (AvgIpc) is 2.74. The van der Waals surface area contributed by atoms with Gasteiger partial charge in [0, 0.05) is 17.3 Å². The van der Waals surface area contributed by atoms with Gasteiger partial charge < -0.3 is 5.32 Å². The van der Waals surface area contributed by atoms with Crippen molar-refractivity contribution in [1.29, 1.82) is 0 Å². The number of aromatic nitrogens is 2. The van der Waals surface area contributed by atoms with E-state index in [1.54, 1.807) is 48.5 Å². The monoisotopic (exact) mass is 419 g/mol. The first kappa shape index (κ1) is 19.5. The Kier molecular flexibility index (Phi) is 4.93. The number of rotatable bonds is 4. The quantitative estimate of drug-likeness (QED) is 0.548. The van der Waals surface area contributed by atoms with Gasteiger partial charge in [-0.1, -0.05) is 36.4 Å². The van der Waals surface area contributed by atoms with E-state index < -0.39 is 15.7 Å². The Hall–Kier alpha value is -3.78. The summed E-state index contributed by atoms with van der Waals surface area (Å²) >= 11 is 0. The predicted octanol–water partition coefficient (Wildman–Crippen LogP) is 3.04. The van der Waals surface area contributed by atoms with Crippen LogP contribution in [0.2, 0.25) is 0 Å². The summed E-state index contributed by atoms with van der Waals surface area (Å²) in [6.07, 6.45) is 1.11. The minimum absolute atomic E-state index is 0.0845. The lowest BCUT2D eigenvalue weighted by Gasteiger charge is -2.11. The highest BCUT2D eigenvalue weighted by atomic mass is 32.2. The number of nitrogens with zero attached hydrogens (tertiary/aromatic N) is 2. The summed E-state index contributed by atoms with van der Waals surface area (Å²) in [5, 5.41) is 7.84. The summed E-state index contributed by atoms with van der Waals surface area (Å²) < 4.78 is 24.4. The van der Waals surface area contributed by atoms with Crippen molar-refractivity contribution >= 4 is 32.2 Å². The van der Waals surface area contributed by atoms with Crippen LogP contribution in [0.25, 0.3) is 16.5 Å². The Morgan fingerprint density at radius 2 is 1.47 bits per heavy atom. The van der Waals surface area contributed by atoms with Crippen molar-refractivity contribution in [2.75, 3.05) is 11.6 Å². The number of sulfone groups is 1. The molecule has 30 heavy (non-hydrogen) atoms. The van der Waals surface area contributed by atoms with E-state index in [0.717, 1.165) is 6.26 Å². The number of benzene rings is 3. The maximum atomic E-state index is 13.0. The number of carbonyl (C=O) groups excluding carboxylic acids is 1. The second-order valence-electron chi connectivity index (χ2n) is 6.70. The number of nitrogens with one attached hydrogen (secondary N) is 1. The van der Waals surface area contributed by atoms with E-state index in [9.17, 15) is 18.0 Å². The van der Waals surface area contributed by atoms with E-state index in [1.165, 1.54) is 28.9 Å². The molecule has 3 aromatic carbocycles. The number of anilines is 1. The molecular weight excluding hydrogens is 402 g/mol. The zero-order valence-electron chi connectivity index (χ0n) is 15.9. The summed E-state index contributed by atoms with van der Waals surface area (Å²) in [6.45, 7) is 0. The molecule has 0 unspecified atom stereocenters. The molecule has 0 bridgehead atoms. The third-order valence-corrected chi connectivity index (χ3v) is 5.69. The molecule has 4 aromatic rings. The van der Waals surface area contributed by atoms with E-state index in [2.05, 4.69) is 10.4 Å². The van der Waals surface area contributed by atoms with Crippen molar-refractivity contribution in [3.05, 3.63) is 94.9 Å². The first-order valence-corrected chi connectivity index (χ1v) is 10.9. The molecule has 1 N–H and O–H groups in total. The summed E-state index contributed by atoms with van der Waals surface area (Å²) in [7, 11) is -3.33. The summed E-state index contributed by atoms with van der Waals surface area (Å²) in [4.78, 5) is 26.1. The topological polar surface area (TPSA) is 98.1 Å². The van der Waals surface area contributed by atoms with E-state index in [-0.39, 0.29) is 16.1 Å². The molecule has 0 saturated carbocycles. The molecule has 4 rings (SSSR count). The number of hydrogen-bond donors (Lipinski definition) is 1. The van der Waals surface area contributed by atoms with Crippen molar-refractivity contribution in [3.63, 3.8) is 0 Å². The fourth-order valence-electron chi connectivity index (χ4n) is 3.08. The van der Waals surface area contributed by atoms with Gasteiger partial charge in [0.25, 0.3) is 11.5 Å². The SMILES string of the molecule is CS(=O)(=O)c1ccc(NC(=O)c2nn(-c3ccccc3)c(=O)c3ccccc23)cc1. The highest BCUT2D eigenvalue weighted by molar-refractivity contribution is 7.90. The zero-order valence-corrected chi connectivity index (χ0v) is 16.8. The predicted molar refractivity (Wildman–Crippen MR) is 115 cm³/mol. The smallest absolute Gasteiger partial charge is 0.279 e. The van der Waals surface area contributed by atoms with E-state index in [1.807, 2.05) is 6.07 Å². The number of amides is 1. The van der Waals surface area contributed by atoms with Crippen LogP contribution < -0.4 is 10.9 Å².